The molecule has 0 fully saturated rings. The van der Waals surface area contributed by atoms with Crippen LogP contribution >= 0.6 is 0 Å². The van der Waals surface area contributed by atoms with E-state index in [1.807, 2.05) is 20.8 Å². The molecule has 1 aliphatic rings. The summed E-state index contributed by atoms with van der Waals surface area (Å²) in [7, 11) is 0. The number of furan rings is 1. The maximum atomic E-state index is 9.77. The summed E-state index contributed by atoms with van der Waals surface area (Å²) in [6, 6.07) is 1.79. The summed E-state index contributed by atoms with van der Waals surface area (Å²) < 4.78 is 4.96. The molecular weight excluding hydrogens is 218 g/mol. The fourth-order valence-corrected chi connectivity index (χ4v) is 1.22. The first-order chi connectivity index (χ1) is 7.97. The van der Waals surface area contributed by atoms with Gasteiger partial charge in [-0.3, -0.25) is 10.3 Å². The average Bonchev–Trinajstić information content (AvgIpc) is 2.83. The number of rotatable bonds is 2. The van der Waals surface area contributed by atoms with Gasteiger partial charge in [-0.15, -0.1) is 0 Å². The Labute approximate surface area is 99.7 Å². The van der Waals surface area contributed by atoms with Crippen LogP contribution in [0.2, 0.25) is 0 Å². The van der Waals surface area contributed by atoms with E-state index in [4.69, 9.17) is 4.42 Å². The molecule has 0 amide bonds. The fourth-order valence-electron chi connectivity index (χ4n) is 1.22. The molecule has 0 atom stereocenters. The van der Waals surface area contributed by atoms with Crippen molar-refractivity contribution in [3.05, 3.63) is 36.1 Å². The van der Waals surface area contributed by atoms with Gasteiger partial charge in [-0.25, -0.2) is 9.98 Å². The molecule has 0 saturated carbocycles. The van der Waals surface area contributed by atoms with Crippen LogP contribution in [0.4, 0.5) is 0 Å². The highest BCUT2D eigenvalue weighted by Gasteiger charge is 2.18. The zero-order valence-electron chi connectivity index (χ0n) is 10.1. The van der Waals surface area contributed by atoms with Gasteiger partial charge in [0.15, 0.2) is 5.84 Å². The molecule has 2 rings (SSSR count). The van der Waals surface area contributed by atoms with E-state index < -0.39 is 0 Å². The Morgan fingerprint density at radius 2 is 2.18 bits per heavy atom. The molecule has 1 aliphatic heterocycles. The van der Waals surface area contributed by atoms with Crippen LogP contribution in [-0.2, 0) is 0 Å². The second-order valence-corrected chi connectivity index (χ2v) is 4.77. The highest BCUT2D eigenvalue weighted by atomic mass is 16.5. The van der Waals surface area contributed by atoms with E-state index in [0.29, 0.717) is 11.5 Å². The Morgan fingerprint density at radius 1 is 1.41 bits per heavy atom. The van der Waals surface area contributed by atoms with Crippen molar-refractivity contribution in [2.24, 2.45) is 9.98 Å². The van der Waals surface area contributed by atoms with Crippen molar-refractivity contribution in [1.29, 1.82) is 0 Å². The van der Waals surface area contributed by atoms with E-state index in [2.05, 4.69) is 9.98 Å². The summed E-state index contributed by atoms with van der Waals surface area (Å²) in [5.74, 6) is 0.590. The third kappa shape index (κ3) is 2.62. The molecule has 0 spiro atoms. The van der Waals surface area contributed by atoms with E-state index in [1.165, 1.54) is 0 Å². The van der Waals surface area contributed by atoms with Gasteiger partial charge >= 0.3 is 0 Å². The number of nitrogens with zero attached hydrogens (tertiary/aromatic N) is 3. The van der Waals surface area contributed by atoms with Crippen LogP contribution in [0.1, 0.15) is 26.3 Å². The van der Waals surface area contributed by atoms with Gasteiger partial charge < -0.3 is 4.42 Å². The number of amidine groups is 1. The minimum atomic E-state index is -0.366. The van der Waals surface area contributed by atoms with Crippen molar-refractivity contribution in [3.8, 4) is 0 Å². The molecular formula is C12H15N3O2. The lowest BCUT2D eigenvalue weighted by Gasteiger charge is -2.27. The molecule has 0 bridgehead atoms. The first-order valence-corrected chi connectivity index (χ1v) is 5.32. The number of aliphatic imine (C=N–C) groups is 2. The van der Waals surface area contributed by atoms with E-state index in [1.54, 1.807) is 31.0 Å². The first kappa shape index (κ1) is 11.6. The summed E-state index contributed by atoms with van der Waals surface area (Å²) in [4.78, 5) is 8.43. The largest absolute Gasteiger partial charge is 0.472 e. The Bertz CT molecular complexity index is 478. The second-order valence-electron chi connectivity index (χ2n) is 4.77. The monoisotopic (exact) mass is 233 g/mol. The van der Waals surface area contributed by atoms with Gasteiger partial charge in [-0.05, 0) is 26.8 Å². The Kier molecular flexibility index (Phi) is 2.85. The summed E-state index contributed by atoms with van der Waals surface area (Å²) >= 11 is 0. The van der Waals surface area contributed by atoms with Gasteiger partial charge in [-0.1, -0.05) is 0 Å². The molecule has 0 aliphatic carbocycles. The van der Waals surface area contributed by atoms with Crippen molar-refractivity contribution in [2.45, 2.75) is 26.3 Å². The third-order valence-electron chi connectivity index (χ3n) is 2.28. The van der Waals surface area contributed by atoms with Gasteiger partial charge in [0.2, 0.25) is 0 Å². The topological polar surface area (TPSA) is 61.3 Å². The van der Waals surface area contributed by atoms with Crippen molar-refractivity contribution in [2.75, 3.05) is 0 Å². The zero-order chi connectivity index (χ0) is 12.5. The first-order valence-electron chi connectivity index (χ1n) is 5.32. The van der Waals surface area contributed by atoms with Gasteiger partial charge in [0.25, 0.3) is 0 Å². The molecule has 0 unspecified atom stereocenters. The van der Waals surface area contributed by atoms with Crippen molar-refractivity contribution in [3.63, 3.8) is 0 Å². The van der Waals surface area contributed by atoms with Crippen LogP contribution in [0.5, 0.6) is 0 Å². The van der Waals surface area contributed by atoms with Crippen LogP contribution in [0.25, 0.3) is 0 Å². The van der Waals surface area contributed by atoms with E-state index in [0.717, 1.165) is 10.6 Å². The lowest BCUT2D eigenvalue weighted by atomic mass is 10.1. The maximum absolute atomic E-state index is 9.77. The molecule has 1 aromatic rings. The summed E-state index contributed by atoms with van der Waals surface area (Å²) in [6.07, 6.45) is 6.32. The van der Waals surface area contributed by atoms with Crippen molar-refractivity contribution in [1.82, 2.24) is 5.06 Å². The van der Waals surface area contributed by atoms with Crippen molar-refractivity contribution >= 4 is 12.1 Å². The number of hydroxylamine groups is 2. The highest BCUT2D eigenvalue weighted by Crippen LogP contribution is 2.16. The molecule has 0 aromatic carbocycles. The lowest BCUT2D eigenvalue weighted by molar-refractivity contribution is -0.110. The van der Waals surface area contributed by atoms with Crippen LogP contribution in [0.3, 0.4) is 0 Å². The SMILES string of the molecule is CC(C)(C)N(O)/C=C1\C=NC(c2ccoc2)=N1. The summed E-state index contributed by atoms with van der Waals surface area (Å²) in [5.41, 5.74) is 1.07. The Balaban J connectivity index is 2.18. The van der Waals surface area contributed by atoms with Crippen LogP contribution < -0.4 is 0 Å². The molecule has 0 saturated heterocycles. The van der Waals surface area contributed by atoms with Gasteiger partial charge in [0.05, 0.1) is 29.8 Å². The van der Waals surface area contributed by atoms with Gasteiger partial charge in [0.1, 0.15) is 12.0 Å². The van der Waals surface area contributed by atoms with E-state index in [9.17, 15) is 5.21 Å². The van der Waals surface area contributed by atoms with Gasteiger partial charge in [-0.2, -0.15) is 0 Å². The molecule has 2 heterocycles. The number of hydrogen-bond acceptors (Lipinski definition) is 5. The minimum Gasteiger partial charge on any atom is -0.472 e. The molecule has 17 heavy (non-hydrogen) atoms. The highest BCUT2D eigenvalue weighted by molar-refractivity contribution is 6.10. The van der Waals surface area contributed by atoms with E-state index >= 15 is 0 Å². The second kappa shape index (κ2) is 4.18. The van der Waals surface area contributed by atoms with Crippen molar-refractivity contribution < 1.29 is 9.62 Å². The zero-order valence-corrected chi connectivity index (χ0v) is 10.1. The maximum Gasteiger partial charge on any atom is 0.163 e. The van der Waals surface area contributed by atoms with Crippen LogP contribution in [0.15, 0.2) is 44.9 Å². The fraction of sp³-hybridized carbons (Fsp3) is 0.333. The standard InChI is InChI=1S/C12H15N3O2/c1-12(2,3)15(16)7-10-6-13-11(14-10)9-4-5-17-8-9/h4-8,16H,1-3H3/b10-7+. The quantitative estimate of drug-likeness (QED) is 0.798. The normalized spacial score (nSPS) is 17.6. The number of hydrogen-bond donors (Lipinski definition) is 1. The molecule has 0 radical (unpaired) electrons. The average molecular weight is 233 g/mol. The molecule has 5 nitrogen and oxygen atoms in total. The molecule has 5 heteroatoms. The minimum absolute atomic E-state index is 0.366. The molecule has 1 N–H and O–H groups in total. The lowest BCUT2D eigenvalue weighted by Crippen LogP contribution is -2.34. The summed E-state index contributed by atoms with van der Waals surface area (Å²) in [5, 5.41) is 10.9. The predicted octanol–water partition coefficient (Wildman–Crippen LogP) is 2.44. The van der Waals surface area contributed by atoms with Gasteiger partial charge in [0, 0.05) is 0 Å². The Hall–Kier alpha value is -1.88. The van der Waals surface area contributed by atoms with E-state index in [-0.39, 0.29) is 5.54 Å². The smallest absolute Gasteiger partial charge is 0.163 e. The molecule has 1 aromatic heterocycles. The Morgan fingerprint density at radius 3 is 2.76 bits per heavy atom. The predicted molar refractivity (Wildman–Crippen MR) is 65.2 cm³/mol. The summed E-state index contributed by atoms with van der Waals surface area (Å²) in [6.45, 7) is 5.70. The number of allylic oxidation sites excluding steroid dienone is 1. The van der Waals surface area contributed by atoms with Crippen LogP contribution in [0, 0.1) is 0 Å². The van der Waals surface area contributed by atoms with Crippen LogP contribution in [-0.4, -0.2) is 27.9 Å². The third-order valence-corrected chi connectivity index (χ3v) is 2.28. The molecule has 90 valence electrons.